The van der Waals surface area contributed by atoms with Gasteiger partial charge in [-0.25, -0.2) is 9.89 Å². The van der Waals surface area contributed by atoms with Crippen molar-refractivity contribution in [3.05, 3.63) is 46.1 Å². The zero-order valence-electron chi connectivity index (χ0n) is 9.93. The van der Waals surface area contributed by atoms with Crippen LogP contribution in [0.2, 0.25) is 0 Å². The summed E-state index contributed by atoms with van der Waals surface area (Å²) >= 11 is 0. The number of aromatic amines is 1. The lowest BCUT2D eigenvalue weighted by molar-refractivity contribution is 0.414. The van der Waals surface area contributed by atoms with Gasteiger partial charge in [0.1, 0.15) is 11.6 Å². The summed E-state index contributed by atoms with van der Waals surface area (Å²) in [6.07, 6.45) is 0.635. The molecule has 0 amide bonds. The molecule has 2 aromatic rings. The van der Waals surface area contributed by atoms with Crippen molar-refractivity contribution in [2.45, 2.75) is 19.9 Å². The fourth-order valence-electron chi connectivity index (χ4n) is 1.74. The maximum absolute atomic E-state index is 11.4. The van der Waals surface area contributed by atoms with Crippen molar-refractivity contribution in [2.75, 3.05) is 7.11 Å². The molecule has 1 aromatic heterocycles. The molecule has 0 bridgehead atoms. The van der Waals surface area contributed by atoms with Gasteiger partial charge in [-0.05, 0) is 24.6 Å². The van der Waals surface area contributed by atoms with E-state index in [0.717, 1.165) is 17.1 Å². The standard InChI is InChI=1S/C12H15N3O2/c1-3-15-11(13-14-12(15)16)8-9-4-6-10(17-2)7-5-9/h4-7H,3,8H2,1-2H3,(H,14,16). The van der Waals surface area contributed by atoms with Crippen molar-refractivity contribution in [3.8, 4) is 5.75 Å². The molecule has 1 N–H and O–H groups in total. The topological polar surface area (TPSA) is 59.9 Å². The summed E-state index contributed by atoms with van der Waals surface area (Å²) in [7, 11) is 1.64. The van der Waals surface area contributed by atoms with Crippen molar-refractivity contribution in [2.24, 2.45) is 0 Å². The Balaban J connectivity index is 2.22. The molecule has 5 heteroatoms. The number of hydrogen-bond donors (Lipinski definition) is 1. The second-order valence-corrected chi connectivity index (χ2v) is 3.71. The van der Waals surface area contributed by atoms with Crippen LogP contribution in [-0.4, -0.2) is 21.9 Å². The van der Waals surface area contributed by atoms with Gasteiger partial charge in [0, 0.05) is 13.0 Å². The Morgan fingerprint density at radius 2 is 2.06 bits per heavy atom. The van der Waals surface area contributed by atoms with Crippen molar-refractivity contribution in [3.63, 3.8) is 0 Å². The van der Waals surface area contributed by atoms with Crippen molar-refractivity contribution >= 4 is 0 Å². The first-order chi connectivity index (χ1) is 8.24. The molecule has 1 heterocycles. The molecule has 0 aliphatic rings. The van der Waals surface area contributed by atoms with Crippen LogP contribution < -0.4 is 10.4 Å². The van der Waals surface area contributed by atoms with Gasteiger partial charge in [0.05, 0.1) is 7.11 Å². The molecule has 0 aliphatic heterocycles. The first kappa shape index (κ1) is 11.4. The molecule has 17 heavy (non-hydrogen) atoms. The van der Waals surface area contributed by atoms with Gasteiger partial charge in [-0.2, -0.15) is 5.10 Å². The van der Waals surface area contributed by atoms with Crippen LogP contribution in [0.25, 0.3) is 0 Å². The molecule has 0 saturated heterocycles. The van der Waals surface area contributed by atoms with Crippen LogP contribution in [0.3, 0.4) is 0 Å². The van der Waals surface area contributed by atoms with E-state index in [-0.39, 0.29) is 5.69 Å². The van der Waals surface area contributed by atoms with E-state index in [1.54, 1.807) is 11.7 Å². The molecule has 1 aromatic carbocycles. The molecule has 0 atom stereocenters. The summed E-state index contributed by atoms with van der Waals surface area (Å²) in [6.45, 7) is 2.55. The van der Waals surface area contributed by atoms with Gasteiger partial charge in [0.2, 0.25) is 0 Å². The SMILES string of the molecule is CCn1c(Cc2ccc(OC)cc2)n[nH]c1=O. The molecule has 0 saturated carbocycles. The fourth-order valence-corrected chi connectivity index (χ4v) is 1.74. The van der Waals surface area contributed by atoms with E-state index < -0.39 is 0 Å². The molecule has 0 unspecified atom stereocenters. The van der Waals surface area contributed by atoms with E-state index in [0.29, 0.717) is 13.0 Å². The lowest BCUT2D eigenvalue weighted by Gasteiger charge is -2.04. The van der Waals surface area contributed by atoms with Gasteiger partial charge >= 0.3 is 5.69 Å². The normalized spacial score (nSPS) is 10.5. The number of nitrogens with one attached hydrogen (secondary N) is 1. The number of benzene rings is 1. The first-order valence-corrected chi connectivity index (χ1v) is 5.51. The third-order valence-corrected chi connectivity index (χ3v) is 2.67. The Bertz CT molecular complexity index is 540. The van der Waals surface area contributed by atoms with Crippen LogP contribution in [-0.2, 0) is 13.0 Å². The molecule has 0 spiro atoms. The monoisotopic (exact) mass is 233 g/mol. The second kappa shape index (κ2) is 4.86. The van der Waals surface area contributed by atoms with Crippen LogP contribution in [0.15, 0.2) is 29.1 Å². The Kier molecular flexibility index (Phi) is 3.27. The van der Waals surface area contributed by atoms with Crippen LogP contribution in [0, 0.1) is 0 Å². The van der Waals surface area contributed by atoms with Gasteiger partial charge in [0.25, 0.3) is 0 Å². The molecule has 2 rings (SSSR count). The van der Waals surface area contributed by atoms with E-state index in [9.17, 15) is 4.79 Å². The average Bonchev–Trinajstić information content (AvgIpc) is 2.71. The van der Waals surface area contributed by atoms with E-state index in [4.69, 9.17) is 4.74 Å². The Morgan fingerprint density at radius 3 is 2.65 bits per heavy atom. The smallest absolute Gasteiger partial charge is 0.343 e. The summed E-state index contributed by atoms with van der Waals surface area (Å²) in [6, 6.07) is 7.74. The zero-order valence-corrected chi connectivity index (χ0v) is 9.93. The van der Waals surface area contributed by atoms with E-state index in [1.807, 2.05) is 31.2 Å². The number of rotatable bonds is 4. The third kappa shape index (κ3) is 2.38. The Hall–Kier alpha value is -2.04. The first-order valence-electron chi connectivity index (χ1n) is 5.51. The van der Waals surface area contributed by atoms with Crippen LogP contribution in [0.1, 0.15) is 18.3 Å². The quantitative estimate of drug-likeness (QED) is 0.863. The molecule has 0 radical (unpaired) electrons. The number of ether oxygens (including phenoxy) is 1. The zero-order chi connectivity index (χ0) is 12.3. The fraction of sp³-hybridized carbons (Fsp3) is 0.333. The highest BCUT2D eigenvalue weighted by Gasteiger charge is 2.07. The van der Waals surface area contributed by atoms with E-state index in [2.05, 4.69) is 10.2 Å². The Labute approximate surface area is 99.1 Å². The molecule has 0 aliphatic carbocycles. The summed E-state index contributed by atoms with van der Waals surface area (Å²) in [5.41, 5.74) is 0.940. The number of hydrogen-bond acceptors (Lipinski definition) is 3. The van der Waals surface area contributed by atoms with E-state index >= 15 is 0 Å². The summed E-state index contributed by atoms with van der Waals surface area (Å²) in [5.74, 6) is 1.58. The van der Waals surface area contributed by atoms with Crippen LogP contribution >= 0.6 is 0 Å². The van der Waals surface area contributed by atoms with Gasteiger partial charge < -0.3 is 4.74 Å². The van der Waals surface area contributed by atoms with Crippen molar-refractivity contribution in [1.82, 2.24) is 14.8 Å². The number of nitrogens with zero attached hydrogens (tertiary/aromatic N) is 2. The number of methoxy groups -OCH3 is 1. The predicted molar refractivity (Wildman–Crippen MR) is 64.3 cm³/mol. The lowest BCUT2D eigenvalue weighted by Crippen LogP contribution is -2.17. The second-order valence-electron chi connectivity index (χ2n) is 3.71. The average molecular weight is 233 g/mol. The maximum Gasteiger partial charge on any atom is 0.343 e. The van der Waals surface area contributed by atoms with E-state index in [1.165, 1.54) is 0 Å². The minimum absolute atomic E-state index is 0.156. The molecular weight excluding hydrogens is 218 g/mol. The van der Waals surface area contributed by atoms with Crippen LogP contribution in [0.5, 0.6) is 5.75 Å². The highest BCUT2D eigenvalue weighted by molar-refractivity contribution is 5.28. The molecule has 5 nitrogen and oxygen atoms in total. The summed E-state index contributed by atoms with van der Waals surface area (Å²) in [4.78, 5) is 11.4. The molecule has 90 valence electrons. The lowest BCUT2D eigenvalue weighted by atomic mass is 10.1. The van der Waals surface area contributed by atoms with Gasteiger partial charge in [-0.15, -0.1) is 0 Å². The molecule has 0 fully saturated rings. The third-order valence-electron chi connectivity index (χ3n) is 2.67. The molecular formula is C12H15N3O2. The van der Waals surface area contributed by atoms with Gasteiger partial charge in [-0.3, -0.25) is 4.57 Å². The maximum atomic E-state index is 11.4. The Morgan fingerprint density at radius 1 is 1.35 bits per heavy atom. The number of H-pyrrole nitrogens is 1. The van der Waals surface area contributed by atoms with Gasteiger partial charge in [-0.1, -0.05) is 12.1 Å². The highest BCUT2D eigenvalue weighted by atomic mass is 16.5. The number of aromatic nitrogens is 3. The summed E-state index contributed by atoms with van der Waals surface area (Å²) in [5, 5.41) is 6.48. The van der Waals surface area contributed by atoms with Gasteiger partial charge in [0.15, 0.2) is 0 Å². The predicted octanol–water partition coefficient (Wildman–Crippen LogP) is 1.19. The van der Waals surface area contributed by atoms with Crippen molar-refractivity contribution in [1.29, 1.82) is 0 Å². The largest absolute Gasteiger partial charge is 0.497 e. The van der Waals surface area contributed by atoms with Crippen LogP contribution in [0.4, 0.5) is 0 Å². The minimum atomic E-state index is -0.156. The van der Waals surface area contributed by atoms with Crippen molar-refractivity contribution < 1.29 is 4.74 Å². The summed E-state index contributed by atoms with van der Waals surface area (Å²) < 4.78 is 6.72. The minimum Gasteiger partial charge on any atom is -0.497 e. The highest BCUT2D eigenvalue weighted by Crippen LogP contribution is 2.13.